The maximum absolute atomic E-state index is 13.0. The van der Waals surface area contributed by atoms with Gasteiger partial charge in [0.25, 0.3) is 0 Å². The van der Waals surface area contributed by atoms with Gasteiger partial charge in [-0.25, -0.2) is 4.39 Å². The van der Waals surface area contributed by atoms with E-state index in [0.29, 0.717) is 5.92 Å². The molecule has 14 heavy (non-hydrogen) atoms. The number of fused-ring (bicyclic) bond motifs is 1. The van der Waals surface area contributed by atoms with Crippen LogP contribution in [0.1, 0.15) is 25.5 Å². The first kappa shape index (κ1) is 9.25. The summed E-state index contributed by atoms with van der Waals surface area (Å²) in [5.41, 5.74) is 2.33. The van der Waals surface area contributed by atoms with Crippen LogP contribution >= 0.6 is 0 Å². The van der Waals surface area contributed by atoms with Crippen LogP contribution in [0.3, 0.4) is 0 Å². The van der Waals surface area contributed by atoms with Crippen LogP contribution in [0.5, 0.6) is 0 Å². The van der Waals surface area contributed by atoms with Crippen molar-refractivity contribution >= 4 is 10.9 Å². The minimum Gasteiger partial charge on any atom is -0.347 e. The molecular weight excluding hydrogens is 177 g/mol. The number of hydrogen-bond donors (Lipinski definition) is 0. The van der Waals surface area contributed by atoms with Crippen molar-refractivity contribution in [2.24, 2.45) is 7.05 Å². The summed E-state index contributed by atoms with van der Waals surface area (Å²) in [5, 5.41) is 0.983. The number of halogens is 1. The summed E-state index contributed by atoms with van der Waals surface area (Å²) in [6, 6.07) is 6.98. The zero-order chi connectivity index (χ0) is 10.3. The standard InChI is InChI=1S/C12H14FN/c1-8(2)12-7-9-6-10(13)4-5-11(9)14(12)3/h4-8H,1-3H3. The minimum absolute atomic E-state index is 0.168. The first-order valence-electron chi connectivity index (χ1n) is 4.84. The highest BCUT2D eigenvalue weighted by Crippen LogP contribution is 2.24. The summed E-state index contributed by atoms with van der Waals surface area (Å²) >= 11 is 0. The Morgan fingerprint density at radius 1 is 1.21 bits per heavy atom. The molecule has 1 aromatic heterocycles. The SMILES string of the molecule is CC(C)c1cc2cc(F)ccc2n1C. The third-order valence-electron chi connectivity index (χ3n) is 2.63. The van der Waals surface area contributed by atoms with E-state index in [4.69, 9.17) is 0 Å². The molecule has 2 aromatic rings. The van der Waals surface area contributed by atoms with Gasteiger partial charge in [-0.1, -0.05) is 13.8 Å². The molecule has 0 bridgehead atoms. The molecule has 0 saturated carbocycles. The number of rotatable bonds is 1. The van der Waals surface area contributed by atoms with Crippen molar-refractivity contribution < 1.29 is 4.39 Å². The summed E-state index contributed by atoms with van der Waals surface area (Å²) in [6.07, 6.45) is 0. The monoisotopic (exact) mass is 191 g/mol. The van der Waals surface area contributed by atoms with Crippen LogP contribution < -0.4 is 0 Å². The summed E-state index contributed by atoms with van der Waals surface area (Å²) < 4.78 is 15.1. The highest BCUT2D eigenvalue weighted by Gasteiger charge is 2.08. The molecule has 0 radical (unpaired) electrons. The zero-order valence-electron chi connectivity index (χ0n) is 8.71. The van der Waals surface area contributed by atoms with Gasteiger partial charge in [-0.3, -0.25) is 0 Å². The largest absolute Gasteiger partial charge is 0.347 e. The Hall–Kier alpha value is -1.31. The van der Waals surface area contributed by atoms with E-state index in [1.54, 1.807) is 6.07 Å². The van der Waals surface area contributed by atoms with E-state index >= 15 is 0 Å². The first-order chi connectivity index (χ1) is 6.59. The number of benzene rings is 1. The van der Waals surface area contributed by atoms with Crippen molar-refractivity contribution in [3.63, 3.8) is 0 Å². The predicted octanol–water partition coefficient (Wildman–Crippen LogP) is 3.44. The topological polar surface area (TPSA) is 4.93 Å². The van der Waals surface area contributed by atoms with Gasteiger partial charge in [-0.05, 0) is 30.2 Å². The second kappa shape index (κ2) is 3.12. The second-order valence-corrected chi connectivity index (χ2v) is 3.99. The molecule has 0 saturated heterocycles. The molecule has 1 heterocycles. The third kappa shape index (κ3) is 1.31. The van der Waals surface area contributed by atoms with Crippen LogP contribution in [0.15, 0.2) is 24.3 Å². The quantitative estimate of drug-likeness (QED) is 0.650. The maximum atomic E-state index is 13.0. The zero-order valence-corrected chi connectivity index (χ0v) is 8.71. The molecule has 0 spiro atoms. The van der Waals surface area contributed by atoms with Crippen molar-refractivity contribution in [3.05, 3.63) is 35.8 Å². The van der Waals surface area contributed by atoms with Gasteiger partial charge in [0, 0.05) is 23.6 Å². The molecule has 74 valence electrons. The Labute approximate surface area is 83.2 Å². The minimum atomic E-state index is -0.168. The van der Waals surface area contributed by atoms with Gasteiger partial charge < -0.3 is 4.57 Å². The summed E-state index contributed by atoms with van der Waals surface area (Å²) in [6.45, 7) is 4.29. The number of aryl methyl sites for hydroxylation is 1. The maximum Gasteiger partial charge on any atom is 0.123 e. The predicted molar refractivity (Wildman–Crippen MR) is 57.0 cm³/mol. The van der Waals surface area contributed by atoms with E-state index in [0.717, 1.165) is 10.9 Å². The van der Waals surface area contributed by atoms with E-state index in [-0.39, 0.29) is 5.82 Å². The Kier molecular flexibility index (Phi) is 2.06. The van der Waals surface area contributed by atoms with E-state index in [1.165, 1.54) is 11.8 Å². The van der Waals surface area contributed by atoms with Gasteiger partial charge in [0.15, 0.2) is 0 Å². The van der Waals surface area contributed by atoms with Gasteiger partial charge in [-0.15, -0.1) is 0 Å². The van der Waals surface area contributed by atoms with Crippen LogP contribution in [0.4, 0.5) is 4.39 Å². The fourth-order valence-corrected chi connectivity index (χ4v) is 1.90. The van der Waals surface area contributed by atoms with E-state index in [9.17, 15) is 4.39 Å². The van der Waals surface area contributed by atoms with Crippen LogP contribution in [0.25, 0.3) is 10.9 Å². The Morgan fingerprint density at radius 3 is 2.57 bits per heavy atom. The van der Waals surface area contributed by atoms with E-state index in [2.05, 4.69) is 24.5 Å². The molecule has 0 N–H and O–H groups in total. The molecular formula is C12H14FN. The molecule has 0 aliphatic rings. The van der Waals surface area contributed by atoms with Gasteiger partial charge in [0.05, 0.1) is 0 Å². The van der Waals surface area contributed by atoms with Crippen molar-refractivity contribution in [2.75, 3.05) is 0 Å². The average molecular weight is 191 g/mol. The highest BCUT2D eigenvalue weighted by molar-refractivity contribution is 5.81. The molecule has 0 fully saturated rings. The first-order valence-corrected chi connectivity index (χ1v) is 4.84. The van der Waals surface area contributed by atoms with Gasteiger partial charge in [-0.2, -0.15) is 0 Å². The molecule has 0 unspecified atom stereocenters. The van der Waals surface area contributed by atoms with Crippen molar-refractivity contribution in [2.45, 2.75) is 19.8 Å². The number of nitrogens with zero attached hydrogens (tertiary/aromatic N) is 1. The lowest BCUT2D eigenvalue weighted by Crippen LogP contribution is -1.97. The van der Waals surface area contributed by atoms with Gasteiger partial charge >= 0.3 is 0 Å². The molecule has 1 aromatic carbocycles. The Balaban J connectivity index is 2.73. The molecule has 1 nitrogen and oxygen atoms in total. The third-order valence-corrected chi connectivity index (χ3v) is 2.63. The Bertz CT molecular complexity index is 468. The van der Waals surface area contributed by atoms with Crippen LogP contribution in [0.2, 0.25) is 0 Å². The number of aromatic nitrogens is 1. The Morgan fingerprint density at radius 2 is 1.93 bits per heavy atom. The van der Waals surface area contributed by atoms with E-state index < -0.39 is 0 Å². The number of hydrogen-bond acceptors (Lipinski definition) is 0. The van der Waals surface area contributed by atoms with Crippen LogP contribution in [-0.2, 0) is 7.05 Å². The summed E-state index contributed by atoms with van der Waals surface area (Å²) in [7, 11) is 2.02. The molecule has 0 amide bonds. The van der Waals surface area contributed by atoms with Gasteiger partial charge in [0.1, 0.15) is 5.82 Å². The molecule has 0 atom stereocenters. The summed E-state index contributed by atoms with van der Waals surface area (Å²) in [5.74, 6) is 0.300. The van der Waals surface area contributed by atoms with Crippen LogP contribution in [0, 0.1) is 5.82 Å². The van der Waals surface area contributed by atoms with Crippen molar-refractivity contribution in [1.29, 1.82) is 0 Å². The second-order valence-electron chi connectivity index (χ2n) is 3.99. The molecule has 0 aliphatic carbocycles. The molecule has 0 aliphatic heterocycles. The normalized spacial score (nSPS) is 11.5. The lowest BCUT2D eigenvalue weighted by Gasteiger charge is -2.06. The van der Waals surface area contributed by atoms with E-state index in [1.807, 2.05) is 13.1 Å². The van der Waals surface area contributed by atoms with Crippen LogP contribution in [-0.4, -0.2) is 4.57 Å². The average Bonchev–Trinajstić information content (AvgIpc) is 2.43. The lowest BCUT2D eigenvalue weighted by molar-refractivity contribution is 0.629. The fourth-order valence-electron chi connectivity index (χ4n) is 1.90. The van der Waals surface area contributed by atoms with Gasteiger partial charge in [0.2, 0.25) is 0 Å². The van der Waals surface area contributed by atoms with Crippen molar-refractivity contribution in [3.8, 4) is 0 Å². The smallest absolute Gasteiger partial charge is 0.123 e. The van der Waals surface area contributed by atoms with Crippen molar-refractivity contribution in [1.82, 2.24) is 4.57 Å². The summed E-state index contributed by atoms with van der Waals surface area (Å²) in [4.78, 5) is 0. The molecule has 2 rings (SSSR count). The fraction of sp³-hybridized carbons (Fsp3) is 0.333. The molecule has 2 heteroatoms. The highest BCUT2D eigenvalue weighted by atomic mass is 19.1. The lowest BCUT2D eigenvalue weighted by atomic mass is 10.1.